The number of hydrogen-bond donors (Lipinski definition) is 2. The Morgan fingerprint density at radius 2 is 1.65 bits per heavy atom. The maximum Gasteiger partial charge on any atom is 0.336 e. The van der Waals surface area contributed by atoms with Gasteiger partial charge in [-0.25, -0.2) is 4.79 Å². The molecule has 0 radical (unpaired) electrons. The van der Waals surface area contributed by atoms with Gasteiger partial charge in [0.1, 0.15) is 5.75 Å². The molecule has 6 heteroatoms. The molecule has 1 amide bonds. The van der Waals surface area contributed by atoms with Crippen LogP contribution in [-0.2, 0) is 0 Å². The lowest BCUT2D eigenvalue weighted by atomic mass is 10.1. The van der Waals surface area contributed by atoms with Gasteiger partial charge in [-0.15, -0.1) is 0 Å². The largest absolute Gasteiger partial charge is 0.496 e. The Kier molecular flexibility index (Phi) is 4.94. The fourth-order valence-corrected chi connectivity index (χ4v) is 2.55. The van der Waals surface area contributed by atoms with Crippen molar-refractivity contribution in [3.05, 3.63) is 78.0 Å². The Morgan fingerprint density at radius 3 is 2.31 bits per heavy atom. The maximum atomic E-state index is 12.4. The third-order valence-corrected chi connectivity index (χ3v) is 3.81. The topological polar surface area (TPSA) is 88.5 Å². The number of carboxylic acid groups (broad SMARTS) is 1. The van der Waals surface area contributed by atoms with Crippen molar-refractivity contribution in [2.45, 2.75) is 0 Å². The summed E-state index contributed by atoms with van der Waals surface area (Å²) in [7, 11) is 1.59. The van der Waals surface area contributed by atoms with Crippen LogP contribution < -0.4 is 10.1 Å². The average molecular weight is 348 g/mol. The van der Waals surface area contributed by atoms with Gasteiger partial charge < -0.3 is 15.2 Å². The zero-order valence-corrected chi connectivity index (χ0v) is 14.0. The summed E-state index contributed by atoms with van der Waals surface area (Å²) >= 11 is 0. The second-order valence-electron chi connectivity index (χ2n) is 5.44. The average Bonchev–Trinajstić information content (AvgIpc) is 2.68. The van der Waals surface area contributed by atoms with E-state index in [0.717, 1.165) is 5.56 Å². The molecule has 6 nitrogen and oxygen atoms in total. The Hall–Kier alpha value is -3.67. The van der Waals surface area contributed by atoms with E-state index in [1.165, 1.54) is 18.3 Å². The number of rotatable bonds is 5. The normalized spacial score (nSPS) is 10.2. The molecule has 0 aliphatic carbocycles. The first-order chi connectivity index (χ1) is 12.6. The second kappa shape index (κ2) is 7.48. The molecule has 0 unspecified atom stereocenters. The van der Waals surface area contributed by atoms with E-state index < -0.39 is 11.9 Å². The Labute approximate surface area is 150 Å². The molecule has 0 saturated heterocycles. The number of ether oxygens (including phenoxy) is 1. The molecular formula is C20H16N2O4. The number of aromatic nitrogens is 1. The van der Waals surface area contributed by atoms with Crippen molar-refractivity contribution >= 4 is 17.6 Å². The number of para-hydroxylation sites is 1. The zero-order chi connectivity index (χ0) is 18.5. The van der Waals surface area contributed by atoms with Crippen molar-refractivity contribution in [1.82, 2.24) is 4.98 Å². The Bertz CT molecular complexity index is 952. The van der Waals surface area contributed by atoms with Gasteiger partial charge in [0.25, 0.3) is 5.91 Å². The molecule has 0 aliphatic rings. The molecule has 0 atom stereocenters. The lowest BCUT2D eigenvalue weighted by Gasteiger charge is -2.10. The standard InChI is InChI=1S/C20H16N2O4/c1-26-18-9-5-4-8-16(18)17-11-10-13(12-21-17)22-19(23)14-6-2-3-7-15(14)20(24)25/h2-12H,1H3,(H,22,23)(H,24,25). The van der Waals surface area contributed by atoms with Crippen LogP contribution in [0.3, 0.4) is 0 Å². The molecule has 1 aromatic heterocycles. The van der Waals surface area contributed by atoms with Crippen molar-refractivity contribution in [2.75, 3.05) is 12.4 Å². The van der Waals surface area contributed by atoms with Crippen LogP contribution in [0, 0.1) is 0 Å². The summed E-state index contributed by atoms with van der Waals surface area (Å²) < 4.78 is 5.32. The number of pyridine rings is 1. The van der Waals surface area contributed by atoms with Gasteiger partial charge in [-0.1, -0.05) is 24.3 Å². The SMILES string of the molecule is COc1ccccc1-c1ccc(NC(=O)c2ccccc2C(=O)O)cn1. The molecule has 26 heavy (non-hydrogen) atoms. The lowest BCUT2D eigenvalue weighted by Crippen LogP contribution is -2.16. The van der Waals surface area contributed by atoms with E-state index in [1.807, 2.05) is 24.3 Å². The van der Waals surface area contributed by atoms with Gasteiger partial charge in [-0.3, -0.25) is 9.78 Å². The van der Waals surface area contributed by atoms with Crippen LogP contribution in [0.25, 0.3) is 11.3 Å². The van der Waals surface area contributed by atoms with Gasteiger partial charge in [0.15, 0.2) is 0 Å². The minimum atomic E-state index is -1.15. The van der Waals surface area contributed by atoms with Crippen LogP contribution in [0.2, 0.25) is 0 Å². The summed E-state index contributed by atoms with van der Waals surface area (Å²) in [5.74, 6) is -0.956. The smallest absolute Gasteiger partial charge is 0.336 e. The van der Waals surface area contributed by atoms with Crippen LogP contribution in [0.1, 0.15) is 20.7 Å². The van der Waals surface area contributed by atoms with Crippen molar-refractivity contribution < 1.29 is 19.4 Å². The number of methoxy groups -OCH3 is 1. The molecule has 2 aromatic carbocycles. The first-order valence-electron chi connectivity index (χ1n) is 7.83. The minimum Gasteiger partial charge on any atom is -0.496 e. The third kappa shape index (κ3) is 3.54. The highest BCUT2D eigenvalue weighted by atomic mass is 16.5. The number of carbonyl (C=O) groups is 2. The first-order valence-corrected chi connectivity index (χ1v) is 7.83. The van der Waals surface area contributed by atoms with Gasteiger partial charge in [0.05, 0.1) is 35.8 Å². The predicted octanol–water partition coefficient (Wildman–Crippen LogP) is 3.71. The van der Waals surface area contributed by atoms with E-state index in [0.29, 0.717) is 17.1 Å². The third-order valence-electron chi connectivity index (χ3n) is 3.81. The predicted molar refractivity (Wildman–Crippen MR) is 97.6 cm³/mol. The van der Waals surface area contributed by atoms with Gasteiger partial charge in [-0.2, -0.15) is 0 Å². The number of nitrogens with one attached hydrogen (secondary N) is 1. The number of benzene rings is 2. The zero-order valence-electron chi connectivity index (χ0n) is 14.0. The molecule has 1 heterocycles. The number of carboxylic acids is 1. The van der Waals surface area contributed by atoms with Crippen LogP contribution in [0.5, 0.6) is 5.75 Å². The second-order valence-corrected chi connectivity index (χ2v) is 5.44. The molecule has 0 bridgehead atoms. The van der Waals surface area contributed by atoms with Gasteiger partial charge >= 0.3 is 5.97 Å². The number of nitrogens with zero attached hydrogens (tertiary/aromatic N) is 1. The van der Waals surface area contributed by atoms with Gasteiger partial charge in [0.2, 0.25) is 0 Å². The summed E-state index contributed by atoms with van der Waals surface area (Å²) in [5.41, 5.74) is 2.04. The highest BCUT2D eigenvalue weighted by Gasteiger charge is 2.16. The van der Waals surface area contributed by atoms with Crippen LogP contribution in [0.4, 0.5) is 5.69 Å². The summed E-state index contributed by atoms with van der Waals surface area (Å²) in [6, 6.07) is 17.0. The van der Waals surface area contributed by atoms with Crippen molar-refractivity contribution in [2.24, 2.45) is 0 Å². The molecule has 0 aliphatic heterocycles. The van der Waals surface area contributed by atoms with E-state index in [2.05, 4.69) is 10.3 Å². The molecular weight excluding hydrogens is 332 g/mol. The fourth-order valence-electron chi connectivity index (χ4n) is 2.55. The van der Waals surface area contributed by atoms with Crippen LogP contribution >= 0.6 is 0 Å². The number of anilines is 1. The van der Waals surface area contributed by atoms with E-state index in [9.17, 15) is 14.7 Å². The molecule has 0 saturated carbocycles. The van der Waals surface area contributed by atoms with Crippen molar-refractivity contribution in [3.63, 3.8) is 0 Å². The summed E-state index contributed by atoms with van der Waals surface area (Å²) in [5, 5.41) is 11.9. The highest BCUT2D eigenvalue weighted by Crippen LogP contribution is 2.28. The maximum absolute atomic E-state index is 12.4. The monoisotopic (exact) mass is 348 g/mol. The van der Waals surface area contributed by atoms with E-state index in [-0.39, 0.29) is 11.1 Å². The van der Waals surface area contributed by atoms with Gasteiger partial charge in [0, 0.05) is 5.56 Å². The summed E-state index contributed by atoms with van der Waals surface area (Å²) in [6.07, 6.45) is 1.52. The fraction of sp³-hybridized carbons (Fsp3) is 0.0500. The van der Waals surface area contributed by atoms with Crippen molar-refractivity contribution in [1.29, 1.82) is 0 Å². The molecule has 2 N–H and O–H groups in total. The number of aromatic carboxylic acids is 1. The lowest BCUT2D eigenvalue weighted by molar-refractivity contribution is 0.0692. The number of amides is 1. The summed E-state index contributed by atoms with van der Waals surface area (Å²) in [4.78, 5) is 28.0. The summed E-state index contributed by atoms with van der Waals surface area (Å²) in [6.45, 7) is 0. The van der Waals surface area contributed by atoms with Crippen LogP contribution in [0.15, 0.2) is 66.9 Å². The number of carbonyl (C=O) groups excluding carboxylic acids is 1. The van der Waals surface area contributed by atoms with Gasteiger partial charge in [-0.05, 0) is 36.4 Å². The molecule has 3 aromatic rings. The quantitative estimate of drug-likeness (QED) is 0.734. The Morgan fingerprint density at radius 1 is 0.962 bits per heavy atom. The minimum absolute atomic E-state index is 0.0522. The van der Waals surface area contributed by atoms with E-state index >= 15 is 0 Å². The van der Waals surface area contributed by atoms with Crippen molar-refractivity contribution in [3.8, 4) is 17.0 Å². The highest BCUT2D eigenvalue weighted by molar-refractivity contribution is 6.10. The van der Waals surface area contributed by atoms with E-state index in [4.69, 9.17) is 4.74 Å². The van der Waals surface area contributed by atoms with E-state index in [1.54, 1.807) is 31.4 Å². The van der Waals surface area contributed by atoms with Crippen LogP contribution in [-0.4, -0.2) is 29.1 Å². The number of hydrogen-bond acceptors (Lipinski definition) is 4. The molecule has 130 valence electrons. The Balaban J connectivity index is 1.82. The molecule has 0 fully saturated rings. The first kappa shape index (κ1) is 17.2. The molecule has 0 spiro atoms. The molecule has 3 rings (SSSR count).